The Kier molecular flexibility index (Phi) is 7.69. The Morgan fingerprint density at radius 2 is 1.95 bits per heavy atom. The van der Waals surface area contributed by atoms with Gasteiger partial charge in [-0.25, -0.2) is 4.98 Å². The van der Waals surface area contributed by atoms with E-state index in [1.807, 2.05) is 19.9 Å². The van der Waals surface area contributed by atoms with E-state index in [-0.39, 0.29) is 17.9 Å². The summed E-state index contributed by atoms with van der Waals surface area (Å²) in [5, 5.41) is 6.48. The van der Waals surface area contributed by atoms with Crippen molar-refractivity contribution in [1.82, 2.24) is 15.3 Å². The Morgan fingerprint density at radius 1 is 1.18 bits per heavy atom. The third kappa shape index (κ3) is 5.54. The van der Waals surface area contributed by atoms with Gasteiger partial charge in [-0.1, -0.05) is 26.2 Å². The first kappa shape index (κ1) is 27.2. The van der Waals surface area contributed by atoms with E-state index in [4.69, 9.17) is 9.72 Å². The lowest BCUT2D eigenvalue weighted by molar-refractivity contribution is -0.125. The molecule has 2 aliphatic carbocycles. The van der Waals surface area contributed by atoms with E-state index in [9.17, 15) is 9.59 Å². The number of ether oxygens (including phenoxy) is 1. The van der Waals surface area contributed by atoms with Crippen molar-refractivity contribution in [3.63, 3.8) is 0 Å². The number of nitrogens with one attached hydrogen (secondary N) is 2. The van der Waals surface area contributed by atoms with Gasteiger partial charge >= 0.3 is 0 Å². The highest BCUT2D eigenvalue weighted by Gasteiger charge is 2.41. The fourth-order valence-corrected chi connectivity index (χ4v) is 6.43. The van der Waals surface area contributed by atoms with Crippen molar-refractivity contribution in [3.05, 3.63) is 30.0 Å². The Balaban J connectivity index is 1.39. The molecular weight excluding hydrogens is 492 g/mol. The standard InChI is InChI=1S/C30H42N6O3/c1-6-19-11-13-21(15-19)32-27(37)20-12-14-23(25(16-20)39-5)33-29-31-17-24-26(34-29)36(22-9-7-8-10-22)18-30(2,3)28(38)35(24)4/h12,14,16-17,19,21-22H,6-11,13,15,18H2,1-5H3,(H,32,37)(H,31,33,34). The van der Waals surface area contributed by atoms with Crippen LogP contribution < -0.4 is 25.2 Å². The molecule has 3 aliphatic rings. The number of amides is 2. The molecule has 0 radical (unpaired) electrons. The Morgan fingerprint density at radius 3 is 2.64 bits per heavy atom. The van der Waals surface area contributed by atoms with Crippen LogP contribution in [-0.4, -0.2) is 54.6 Å². The molecule has 2 fully saturated rings. The summed E-state index contributed by atoms with van der Waals surface area (Å²) in [7, 11) is 3.39. The number of carbonyl (C=O) groups excluding carboxylic acids is 2. The molecule has 0 saturated heterocycles. The van der Waals surface area contributed by atoms with Crippen molar-refractivity contribution in [3.8, 4) is 5.75 Å². The van der Waals surface area contributed by atoms with E-state index in [0.29, 0.717) is 41.5 Å². The molecule has 2 N–H and O–H groups in total. The largest absolute Gasteiger partial charge is 0.495 e. The number of rotatable bonds is 7. The normalized spacial score (nSPS) is 22.9. The maximum Gasteiger partial charge on any atom is 0.251 e. The van der Waals surface area contributed by atoms with Crippen LogP contribution in [0, 0.1) is 11.3 Å². The van der Waals surface area contributed by atoms with E-state index in [1.54, 1.807) is 37.4 Å². The first-order valence-electron chi connectivity index (χ1n) is 14.4. The van der Waals surface area contributed by atoms with Crippen LogP contribution in [0.1, 0.15) is 82.5 Å². The zero-order chi connectivity index (χ0) is 27.7. The van der Waals surface area contributed by atoms with E-state index < -0.39 is 5.41 Å². The van der Waals surface area contributed by atoms with Gasteiger partial charge in [-0.05, 0) is 70.1 Å². The topological polar surface area (TPSA) is 99.7 Å². The van der Waals surface area contributed by atoms with Gasteiger partial charge in [-0.3, -0.25) is 9.59 Å². The van der Waals surface area contributed by atoms with Gasteiger partial charge in [0.05, 0.1) is 24.4 Å². The number of benzene rings is 1. The minimum Gasteiger partial charge on any atom is -0.495 e. The summed E-state index contributed by atoms with van der Waals surface area (Å²) in [6.07, 6.45) is 10.7. The lowest BCUT2D eigenvalue weighted by atomic mass is 9.91. The number of nitrogens with zero attached hydrogens (tertiary/aromatic N) is 4. The van der Waals surface area contributed by atoms with Gasteiger partial charge in [0.2, 0.25) is 11.9 Å². The highest BCUT2D eigenvalue weighted by atomic mass is 16.5. The lowest BCUT2D eigenvalue weighted by Gasteiger charge is -2.34. The third-order valence-electron chi connectivity index (χ3n) is 8.76. The summed E-state index contributed by atoms with van der Waals surface area (Å²) in [5.41, 5.74) is 1.42. The van der Waals surface area contributed by atoms with E-state index in [0.717, 1.165) is 43.6 Å². The molecule has 39 heavy (non-hydrogen) atoms. The van der Waals surface area contributed by atoms with Crippen LogP contribution in [0.15, 0.2) is 24.4 Å². The lowest BCUT2D eigenvalue weighted by Crippen LogP contribution is -2.45. The van der Waals surface area contributed by atoms with E-state index >= 15 is 0 Å². The molecule has 2 saturated carbocycles. The van der Waals surface area contributed by atoms with Gasteiger partial charge in [-0.15, -0.1) is 0 Å². The molecule has 2 unspecified atom stereocenters. The van der Waals surface area contributed by atoms with Crippen molar-refractivity contribution in [2.75, 3.05) is 35.8 Å². The van der Waals surface area contributed by atoms with Crippen molar-refractivity contribution in [2.45, 2.75) is 84.2 Å². The SMILES string of the molecule is CCC1CCC(NC(=O)c2ccc(Nc3ncc4c(n3)N(C3CCCC3)CC(C)(C)C(=O)N4C)c(OC)c2)C1. The number of hydrogen-bond donors (Lipinski definition) is 2. The van der Waals surface area contributed by atoms with Crippen LogP contribution in [0.5, 0.6) is 5.75 Å². The second-order valence-corrected chi connectivity index (χ2v) is 12.0. The smallest absolute Gasteiger partial charge is 0.251 e. The molecule has 9 nitrogen and oxygen atoms in total. The maximum atomic E-state index is 13.3. The fraction of sp³-hybridized carbons (Fsp3) is 0.600. The zero-order valence-electron chi connectivity index (χ0n) is 23.9. The van der Waals surface area contributed by atoms with E-state index in [1.165, 1.54) is 19.3 Å². The van der Waals surface area contributed by atoms with Crippen LogP contribution in [0.2, 0.25) is 0 Å². The number of fused-ring (bicyclic) bond motifs is 1. The molecule has 210 valence electrons. The average molecular weight is 535 g/mol. The Hall–Kier alpha value is -3.36. The third-order valence-corrected chi connectivity index (χ3v) is 8.76. The number of carbonyl (C=O) groups is 2. The molecule has 2 aromatic rings. The molecule has 1 aromatic heterocycles. The molecule has 2 heterocycles. The second-order valence-electron chi connectivity index (χ2n) is 12.0. The predicted octanol–water partition coefficient (Wildman–Crippen LogP) is 5.29. The fourth-order valence-electron chi connectivity index (χ4n) is 6.43. The summed E-state index contributed by atoms with van der Waals surface area (Å²) in [4.78, 5) is 39.7. The van der Waals surface area contributed by atoms with Crippen molar-refractivity contribution >= 4 is 35.0 Å². The van der Waals surface area contributed by atoms with Crippen LogP contribution in [0.25, 0.3) is 0 Å². The van der Waals surface area contributed by atoms with Crippen LogP contribution >= 0.6 is 0 Å². The summed E-state index contributed by atoms with van der Waals surface area (Å²) in [5.74, 6) is 2.42. The van der Waals surface area contributed by atoms with E-state index in [2.05, 4.69) is 27.4 Å². The Bertz CT molecular complexity index is 1230. The highest BCUT2D eigenvalue weighted by molar-refractivity contribution is 6.01. The summed E-state index contributed by atoms with van der Waals surface area (Å²) in [6, 6.07) is 5.98. The van der Waals surface area contributed by atoms with Crippen molar-refractivity contribution in [2.24, 2.45) is 11.3 Å². The monoisotopic (exact) mass is 534 g/mol. The molecule has 1 aliphatic heterocycles. The summed E-state index contributed by atoms with van der Waals surface area (Å²) < 4.78 is 5.64. The first-order valence-corrected chi connectivity index (χ1v) is 14.4. The molecule has 0 spiro atoms. The van der Waals surface area contributed by atoms with Gasteiger partial charge in [0.1, 0.15) is 11.4 Å². The molecule has 2 atom stereocenters. The molecule has 2 amide bonds. The zero-order valence-corrected chi connectivity index (χ0v) is 23.9. The second kappa shape index (κ2) is 11.0. The quantitative estimate of drug-likeness (QED) is 0.498. The van der Waals surface area contributed by atoms with Gasteiger partial charge in [0.15, 0.2) is 5.82 Å². The minimum absolute atomic E-state index is 0.0620. The summed E-state index contributed by atoms with van der Waals surface area (Å²) >= 11 is 0. The number of hydrogen-bond acceptors (Lipinski definition) is 7. The predicted molar refractivity (Wildman–Crippen MR) is 154 cm³/mol. The molecule has 0 bridgehead atoms. The number of aromatic nitrogens is 2. The van der Waals surface area contributed by atoms with Crippen LogP contribution in [0.3, 0.4) is 0 Å². The highest BCUT2D eigenvalue weighted by Crippen LogP contribution is 2.40. The van der Waals surface area contributed by atoms with Gasteiger partial charge in [0, 0.05) is 31.2 Å². The maximum absolute atomic E-state index is 13.3. The van der Waals surface area contributed by atoms with Crippen LogP contribution in [0.4, 0.5) is 23.1 Å². The average Bonchev–Trinajstić information content (AvgIpc) is 3.62. The van der Waals surface area contributed by atoms with Crippen LogP contribution in [-0.2, 0) is 4.79 Å². The first-order chi connectivity index (χ1) is 18.7. The van der Waals surface area contributed by atoms with Gasteiger partial charge in [-0.2, -0.15) is 4.98 Å². The minimum atomic E-state index is -0.540. The van der Waals surface area contributed by atoms with Gasteiger partial charge in [0.25, 0.3) is 5.91 Å². The van der Waals surface area contributed by atoms with Crippen molar-refractivity contribution < 1.29 is 14.3 Å². The number of anilines is 4. The molecular formula is C30H42N6O3. The van der Waals surface area contributed by atoms with Crippen molar-refractivity contribution in [1.29, 1.82) is 0 Å². The molecule has 9 heteroatoms. The molecule has 1 aromatic carbocycles. The number of methoxy groups -OCH3 is 1. The summed E-state index contributed by atoms with van der Waals surface area (Å²) in [6.45, 7) is 6.83. The van der Waals surface area contributed by atoms with Gasteiger partial charge < -0.3 is 25.2 Å². The Labute approximate surface area is 231 Å². The molecule has 5 rings (SSSR count).